The van der Waals surface area contributed by atoms with Crippen molar-refractivity contribution in [3.05, 3.63) is 90.9 Å². The maximum Gasteiger partial charge on any atom is 0.163 e. The van der Waals surface area contributed by atoms with Crippen LogP contribution in [-0.4, -0.2) is 22.0 Å². The molecule has 32 heavy (non-hydrogen) atoms. The Morgan fingerprint density at radius 3 is 2.66 bits per heavy atom. The molecule has 6 nitrogen and oxygen atoms in total. The molecule has 5 aromatic rings. The van der Waals surface area contributed by atoms with Gasteiger partial charge >= 0.3 is 0 Å². The van der Waals surface area contributed by atoms with E-state index in [0.717, 1.165) is 10.9 Å². The van der Waals surface area contributed by atoms with Gasteiger partial charge in [-0.3, -0.25) is 4.98 Å². The number of hydrogen-bond acceptors (Lipinski definition) is 6. The Kier molecular flexibility index (Phi) is 5.21. The third-order valence-electron chi connectivity index (χ3n) is 5.06. The number of furan rings is 1. The number of nitrogens with one attached hydrogen (secondary N) is 1. The summed E-state index contributed by atoms with van der Waals surface area (Å²) in [5.74, 6) is 1.97. The van der Waals surface area contributed by atoms with Crippen LogP contribution in [0.3, 0.4) is 0 Å². The van der Waals surface area contributed by atoms with Gasteiger partial charge in [-0.1, -0.05) is 18.2 Å². The zero-order chi connectivity index (χ0) is 21.9. The van der Waals surface area contributed by atoms with E-state index in [9.17, 15) is 4.39 Å². The van der Waals surface area contributed by atoms with Crippen molar-refractivity contribution in [2.45, 2.75) is 6.61 Å². The summed E-state index contributed by atoms with van der Waals surface area (Å²) < 4.78 is 26.1. The fourth-order valence-electron chi connectivity index (χ4n) is 3.52. The smallest absolute Gasteiger partial charge is 0.163 e. The Bertz CT molecular complexity index is 1370. The van der Waals surface area contributed by atoms with E-state index >= 15 is 0 Å². The minimum absolute atomic E-state index is 0.212. The first-order valence-corrected chi connectivity index (χ1v) is 10.1. The largest absolute Gasteiger partial charge is 0.483 e. The standard InChI is InChI=1S/C25H19FN4O2/c1-27-25-20-12-17(19-8-2-3-9-21(19)26)13-22(32-15-18-7-5-11-31-18)23(20)29-24(30-25)16-6-4-10-28-14-16/h2-14H,15H2,1H3,(H,27,29,30). The molecule has 0 atom stereocenters. The van der Waals surface area contributed by atoms with Crippen LogP contribution in [0.2, 0.25) is 0 Å². The fourth-order valence-corrected chi connectivity index (χ4v) is 3.52. The summed E-state index contributed by atoms with van der Waals surface area (Å²) >= 11 is 0. The molecule has 0 saturated carbocycles. The van der Waals surface area contributed by atoms with Crippen LogP contribution in [0.25, 0.3) is 33.4 Å². The number of ether oxygens (including phenoxy) is 1. The second-order valence-electron chi connectivity index (χ2n) is 7.11. The Hall–Kier alpha value is -4.26. The van der Waals surface area contributed by atoms with E-state index < -0.39 is 0 Å². The molecule has 7 heteroatoms. The Balaban J connectivity index is 1.72. The minimum Gasteiger partial charge on any atom is -0.483 e. The first kappa shape index (κ1) is 19.7. The molecule has 0 aliphatic rings. The van der Waals surface area contributed by atoms with E-state index in [1.807, 2.05) is 24.3 Å². The van der Waals surface area contributed by atoms with Crippen molar-refractivity contribution in [1.29, 1.82) is 0 Å². The molecule has 0 aliphatic carbocycles. The van der Waals surface area contributed by atoms with Crippen LogP contribution < -0.4 is 10.1 Å². The molecular formula is C25H19FN4O2. The third kappa shape index (κ3) is 3.76. The van der Waals surface area contributed by atoms with E-state index in [1.54, 1.807) is 56.0 Å². The van der Waals surface area contributed by atoms with E-state index in [2.05, 4.69) is 15.3 Å². The normalized spacial score (nSPS) is 10.9. The van der Waals surface area contributed by atoms with Gasteiger partial charge in [-0.2, -0.15) is 0 Å². The van der Waals surface area contributed by atoms with Gasteiger partial charge in [0, 0.05) is 36.0 Å². The molecule has 0 radical (unpaired) electrons. The third-order valence-corrected chi connectivity index (χ3v) is 5.06. The number of hydrogen-bond donors (Lipinski definition) is 1. The summed E-state index contributed by atoms with van der Waals surface area (Å²) in [6.45, 7) is 0.212. The predicted molar refractivity (Wildman–Crippen MR) is 121 cm³/mol. The van der Waals surface area contributed by atoms with Crippen LogP contribution >= 0.6 is 0 Å². The van der Waals surface area contributed by atoms with Crippen molar-refractivity contribution >= 4 is 16.7 Å². The van der Waals surface area contributed by atoms with E-state index in [-0.39, 0.29) is 12.4 Å². The molecule has 0 bridgehead atoms. The fraction of sp³-hybridized carbons (Fsp3) is 0.0800. The number of benzene rings is 2. The number of rotatable bonds is 6. The molecule has 3 heterocycles. The van der Waals surface area contributed by atoms with E-state index in [1.165, 1.54) is 6.07 Å². The molecule has 1 N–H and O–H groups in total. The first-order chi connectivity index (χ1) is 15.7. The monoisotopic (exact) mass is 426 g/mol. The Morgan fingerprint density at radius 2 is 1.91 bits per heavy atom. The second kappa shape index (κ2) is 8.47. The van der Waals surface area contributed by atoms with E-state index in [4.69, 9.17) is 14.1 Å². The summed E-state index contributed by atoms with van der Waals surface area (Å²) in [6.07, 6.45) is 4.99. The highest BCUT2D eigenvalue weighted by Gasteiger charge is 2.17. The molecule has 0 unspecified atom stereocenters. The Labute approximate surface area is 183 Å². The molecular weight excluding hydrogens is 407 g/mol. The molecule has 2 aromatic carbocycles. The lowest BCUT2D eigenvalue weighted by Crippen LogP contribution is -2.02. The SMILES string of the molecule is CNc1nc(-c2cccnc2)nc2c(OCc3ccco3)cc(-c3ccccc3F)cc12. The van der Waals surface area contributed by atoms with Gasteiger partial charge in [-0.25, -0.2) is 14.4 Å². The van der Waals surface area contributed by atoms with Crippen molar-refractivity contribution in [1.82, 2.24) is 15.0 Å². The highest BCUT2D eigenvalue weighted by molar-refractivity contribution is 5.97. The molecule has 0 spiro atoms. The van der Waals surface area contributed by atoms with Crippen LogP contribution in [0.5, 0.6) is 5.75 Å². The van der Waals surface area contributed by atoms with Crippen LogP contribution in [0, 0.1) is 5.82 Å². The lowest BCUT2D eigenvalue weighted by atomic mass is 10.0. The Morgan fingerprint density at radius 1 is 1.00 bits per heavy atom. The van der Waals surface area contributed by atoms with Crippen molar-refractivity contribution in [2.75, 3.05) is 12.4 Å². The van der Waals surface area contributed by atoms with E-state index in [0.29, 0.717) is 39.8 Å². The number of halogens is 1. The summed E-state index contributed by atoms with van der Waals surface area (Å²) in [5.41, 5.74) is 2.52. The lowest BCUT2D eigenvalue weighted by molar-refractivity contribution is 0.273. The maximum atomic E-state index is 14.6. The number of fused-ring (bicyclic) bond motifs is 1. The van der Waals surface area contributed by atoms with Gasteiger partial charge in [0.25, 0.3) is 0 Å². The van der Waals surface area contributed by atoms with Gasteiger partial charge in [0.05, 0.1) is 6.26 Å². The number of pyridine rings is 1. The lowest BCUT2D eigenvalue weighted by Gasteiger charge is -2.15. The summed E-state index contributed by atoms with van der Waals surface area (Å²) in [4.78, 5) is 13.6. The van der Waals surface area contributed by atoms with Crippen molar-refractivity contribution in [2.24, 2.45) is 0 Å². The summed E-state index contributed by atoms with van der Waals surface area (Å²) in [5, 5.41) is 3.85. The van der Waals surface area contributed by atoms with Gasteiger partial charge in [0.2, 0.25) is 0 Å². The molecule has 5 rings (SSSR count). The van der Waals surface area contributed by atoms with Crippen LogP contribution in [0.1, 0.15) is 5.76 Å². The second-order valence-corrected chi connectivity index (χ2v) is 7.11. The van der Waals surface area contributed by atoms with Gasteiger partial charge in [-0.05, 0) is 48.0 Å². The van der Waals surface area contributed by atoms with Crippen molar-refractivity contribution in [3.8, 4) is 28.3 Å². The molecule has 0 amide bonds. The summed E-state index contributed by atoms with van der Waals surface area (Å²) in [7, 11) is 1.79. The van der Waals surface area contributed by atoms with Gasteiger partial charge in [0.15, 0.2) is 5.82 Å². The molecule has 0 aliphatic heterocycles. The van der Waals surface area contributed by atoms with Crippen LogP contribution in [0.4, 0.5) is 10.2 Å². The molecule has 0 fully saturated rings. The van der Waals surface area contributed by atoms with Crippen LogP contribution in [0.15, 0.2) is 83.7 Å². The highest BCUT2D eigenvalue weighted by Crippen LogP contribution is 2.37. The van der Waals surface area contributed by atoms with Crippen molar-refractivity contribution in [3.63, 3.8) is 0 Å². The zero-order valence-electron chi connectivity index (χ0n) is 17.2. The van der Waals surface area contributed by atoms with Gasteiger partial charge in [0.1, 0.15) is 35.3 Å². The van der Waals surface area contributed by atoms with Crippen molar-refractivity contribution < 1.29 is 13.5 Å². The molecule has 3 aromatic heterocycles. The molecule has 0 saturated heterocycles. The topological polar surface area (TPSA) is 73.1 Å². The average molecular weight is 426 g/mol. The average Bonchev–Trinajstić information content (AvgIpc) is 3.36. The minimum atomic E-state index is -0.317. The number of anilines is 1. The number of aromatic nitrogens is 3. The van der Waals surface area contributed by atoms with Gasteiger partial charge in [-0.15, -0.1) is 0 Å². The van der Waals surface area contributed by atoms with Crippen LogP contribution in [-0.2, 0) is 6.61 Å². The quantitative estimate of drug-likeness (QED) is 0.375. The predicted octanol–water partition coefficient (Wildman–Crippen LogP) is 5.71. The first-order valence-electron chi connectivity index (χ1n) is 10.1. The zero-order valence-corrected chi connectivity index (χ0v) is 17.2. The number of nitrogens with zero attached hydrogens (tertiary/aromatic N) is 3. The molecule has 158 valence electrons. The highest BCUT2D eigenvalue weighted by atomic mass is 19.1. The summed E-state index contributed by atoms with van der Waals surface area (Å²) in [6, 6.07) is 17.6. The maximum absolute atomic E-state index is 14.6. The van der Waals surface area contributed by atoms with Gasteiger partial charge < -0.3 is 14.5 Å².